The van der Waals surface area contributed by atoms with Gasteiger partial charge >= 0.3 is 0 Å². The molecule has 0 aromatic rings. The molecule has 1 aliphatic rings. The van der Waals surface area contributed by atoms with Crippen molar-refractivity contribution in [2.24, 2.45) is 5.84 Å². The average molecular weight is 143 g/mol. The topological polar surface area (TPSA) is 41.3 Å². The van der Waals surface area contributed by atoms with Crippen molar-refractivity contribution in [2.45, 2.75) is 6.42 Å². The average Bonchev–Trinajstić information content (AvgIpc) is 2.17. The predicted octanol–water partition coefficient (Wildman–Crippen LogP) is 0.746. The number of hydrogen-bond donors (Lipinski definition) is 2. The lowest BCUT2D eigenvalue weighted by Crippen LogP contribution is -2.30. The maximum atomic E-state index is 5.35. The van der Waals surface area contributed by atoms with E-state index in [1.54, 1.807) is 0 Å². The lowest BCUT2D eigenvalue weighted by molar-refractivity contribution is 0.440. The zero-order chi connectivity index (χ0) is 6.69. The van der Waals surface area contributed by atoms with Crippen LogP contribution >= 0.6 is 11.9 Å². The molecule has 0 unspecified atom stereocenters. The number of nitrogens with one attached hydrogen (secondary N) is 1. The van der Waals surface area contributed by atoms with Crippen LogP contribution in [0.5, 0.6) is 0 Å². The molecule has 0 saturated heterocycles. The van der Waals surface area contributed by atoms with E-state index in [1.165, 1.54) is 21.4 Å². The van der Waals surface area contributed by atoms with E-state index in [-0.39, 0.29) is 0 Å². The Bertz CT molecular complexity index is 143. The Kier molecular flexibility index (Phi) is 2.16. The van der Waals surface area contributed by atoms with Crippen LogP contribution in [-0.4, -0.2) is 4.52 Å². The molecule has 50 valence electrons. The molecule has 0 aliphatic carbocycles. The van der Waals surface area contributed by atoms with Crippen LogP contribution in [0.4, 0.5) is 0 Å². The lowest BCUT2D eigenvalue weighted by atomic mass is 10.4. The summed E-state index contributed by atoms with van der Waals surface area (Å²) >= 11 is 1.48. The van der Waals surface area contributed by atoms with E-state index in [0.29, 0.717) is 0 Å². The van der Waals surface area contributed by atoms with Crippen molar-refractivity contribution >= 4 is 11.9 Å². The van der Waals surface area contributed by atoms with Crippen LogP contribution < -0.4 is 11.3 Å². The van der Waals surface area contributed by atoms with Crippen LogP contribution in [0.3, 0.4) is 0 Å². The van der Waals surface area contributed by atoms with Gasteiger partial charge in [0, 0.05) is 11.1 Å². The maximum absolute atomic E-state index is 5.35. The molecule has 0 fully saturated rings. The molecule has 0 saturated carbocycles. The minimum atomic E-state index is 0.880. The number of nitrogens with two attached hydrogens (primary N) is 1. The smallest absolute Gasteiger partial charge is 0.0263 e. The molecular weight excluding hydrogens is 134 g/mol. The SMILES string of the molecule is C=CCC1=CNN(N)S1. The van der Waals surface area contributed by atoms with Crippen molar-refractivity contribution in [3.05, 3.63) is 23.8 Å². The molecule has 0 spiro atoms. The Labute approximate surface area is 58.7 Å². The molecule has 4 heteroatoms. The van der Waals surface area contributed by atoms with Gasteiger partial charge in [0.05, 0.1) is 0 Å². The summed E-state index contributed by atoms with van der Waals surface area (Å²) in [5.74, 6) is 5.35. The molecular formula is C5H9N3S. The normalized spacial score (nSPS) is 19.0. The van der Waals surface area contributed by atoms with Gasteiger partial charge in [-0.1, -0.05) is 10.6 Å². The summed E-state index contributed by atoms with van der Waals surface area (Å²) in [7, 11) is 0. The van der Waals surface area contributed by atoms with Crippen LogP contribution in [0.1, 0.15) is 6.42 Å². The first-order chi connectivity index (χ1) is 4.33. The first-order valence-electron chi connectivity index (χ1n) is 2.62. The third kappa shape index (κ3) is 1.74. The van der Waals surface area contributed by atoms with Gasteiger partial charge in [-0.05, 0) is 18.4 Å². The number of nitrogens with zero attached hydrogens (tertiary/aromatic N) is 1. The summed E-state index contributed by atoms with van der Waals surface area (Å²) in [4.78, 5) is 1.19. The van der Waals surface area contributed by atoms with Crippen molar-refractivity contribution in [1.29, 1.82) is 0 Å². The molecule has 0 atom stereocenters. The number of hydrazine groups is 2. The highest BCUT2D eigenvalue weighted by atomic mass is 32.2. The highest BCUT2D eigenvalue weighted by Crippen LogP contribution is 2.23. The van der Waals surface area contributed by atoms with E-state index in [2.05, 4.69) is 12.0 Å². The largest absolute Gasteiger partial charge is 0.302 e. The molecule has 1 heterocycles. The summed E-state index contributed by atoms with van der Waals surface area (Å²) in [6, 6.07) is 0. The van der Waals surface area contributed by atoms with Crippen LogP contribution in [0.2, 0.25) is 0 Å². The Morgan fingerprint density at radius 1 is 2.00 bits per heavy atom. The second-order valence-electron chi connectivity index (χ2n) is 1.65. The second-order valence-corrected chi connectivity index (χ2v) is 2.75. The molecule has 3 nitrogen and oxygen atoms in total. The molecule has 0 bridgehead atoms. The number of hydrogen-bond acceptors (Lipinski definition) is 4. The Morgan fingerprint density at radius 3 is 3.22 bits per heavy atom. The fraction of sp³-hybridized carbons (Fsp3) is 0.200. The van der Waals surface area contributed by atoms with Gasteiger partial charge in [0.1, 0.15) is 0 Å². The highest BCUT2D eigenvalue weighted by Gasteiger charge is 2.07. The lowest BCUT2D eigenvalue weighted by Gasteiger charge is -2.03. The second kappa shape index (κ2) is 2.91. The van der Waals surface area contributed by atoms with Crippen LogP contribution in [0, 0.1) is 0 Å². The predicted molar refractivity (Wildman–Crippen MR) is 39.7 cm³/mol. The van der Waals surface area contributed by atoms with Gasteiger partial charge < -0.3 is 5.43 Å². The van der Waals surface area contributed by atoms with Crippen LogP contribution in [0.25, 0.3) is 0 Å². The Hall–Kier alpha value is -0.450. The Morgan fingerprint density at radius 2 is 2.78 bits per heavy atom. The molecule has 3 N–H and O–H groups in total. The van der Waals surface area contributed by atoms with E-state index in [9.17, 15) is 0 Å². The molecule has 1 rings (SSSR count). The van der Waals surface area contributed by atoms with Crippen molar-refractivity contribution in [3.8, 4) is 0 Å². The van der Waals surface area contributed by atoms with E-state index in [1.807, 2.05) is 12.3 Å². The van der Waals surface area contributed by atoms with Crippen molar-refractivity contribution < 1.29 is 0 Å². The summed E-state index contributed by atoms with van der Waals surface area (Å²) in [6.07, 6.45) is 4.59. The zero-order valence-corrected chi connectivity index (χ0v) is 5.82. The monoisotopic (exact) mass is 143 g/mol. The van der Waals surface area contributed by atoms with Crippen molar-refractivity contribution in [2.75, 3.05) is 0 Å². The molecule has 0 aromatic heterocycles. The third-order valence-corrected chi connectivity index (χ3v) is 1.74. The van der Waals surface area contributed by atoms with E-state index in [4.69, 9.17) is 5.84 Å². The van der Waals surface area contributed by atoms with Crippen molar-refractivity contribution in [1.82, 2.24) is 9.95 Å². The van der Waals surface area contributed by atoms with Gasteiger partial charge in [-0.2, -0.15) is 0 Å². The standard InChI is InChI=1S/C5H9N3S/c1-2-3-5-4-7-8(6)9-5/h2,4,7H,1,3,6H2. The third-order valence-electron chi connectivity index (χ3n) is 0.914. The van der Waals surface area contributed by atoms with Crippen molar-refractivity contribution in [3.63, 3.8) is 0 Å². The number of rotatable bonds is 2. The van der Waals surface area contributed by atoms with Crippen LogP contribution in [-0.2, 0) is 0 Å². The number of allylic oxidation sites excluding steroid dienone is 2. The first-order valence-corrected chi connectivity index (χ1v) is 3.39. The summed E-state index contributed by atoms with van der Waals surface area (Å²) in [5, 5.41) is 0. The van der Waals surface area contributed by atoms with Gasteiger partial charge in [0.15, 0.2) is 0 Å². The fourth-order valence-electron chi connectivity index (χ4n) is 0.553. The minimum absolute atomic E-state index is 0.880. The first kappa shape index (κ1) is 6.67. The quantitative estimate of drug-likeness (QED) is 0.340. The summed E-state index contributed by atoms with van der Waals surface area (Å²) < 4.78 is 1.46. The highest BCUT2D eigenvalue weighted by molar-refractivity contribution is 8.00. The van der Waals surface area contributed by atoms with Gasteiger partial charge in [-0.3, -0.25) is 0 Å². The molecule has 9 heavy (non-hydrogen) atoms. The van der Waals surface area contributed by atoms with E-state index >= 15 is 0 Å². The van der Waals surface area contributed by atoms with Gasteiger partial charge in [-0.25, -0.2) is 5.84 Å². The molecule has 0 aromatic carbocycles. The van der Waals surface area contributed by atoms with E-state index < -0.39 is 0 Å². The zero-order valence-electron chi connectivity index (χ0n) is 5.00. The molecule has 1 aliphatic heterocycles. The Balaban J connectivity index is 2.35. The fourth-order valence-corrected chi connectivity index (χ4v) is 1.21. The summed E-state index contributed by atoms with van der Waals surface area (Å²) in [6.45, 7) is 3.61. The molecule has 0 amide bonds. The minimum Gasteiger partial charge on any atom is -0.302 e. The van der Waals surface area contributed by atoms with Gasteiger partial charge in [0.25, 0.3) is 0 Å². The van der Waals surface area contributed by atoms with Gasteiger partial charge in [0.2, 0.25) is 0 Å². The maximum Gasteiger partial charge on any atom is 0.0263 e. The summed E-state index contributed by atoms with van der Waals surface area (Å²) in [5.41, 5.74) is 2.82. The van der Waals surface area contributed by atoms with Gasteiger partial charge in [-0.15, -0.1) is 6.58 Å². The molecule has 0 radical (unpaired) electrons. The van der Waals surface area contributed by atoms with E-state index in [0.717, 1.165) is 6.42 Å². The van der Waals surface area contributed by atoms with Crippen LogP contribution in [0.15, 0.2) is 23.8 Å².